The average molecular weight is 164 g/mol. The van der Waals surface area contributed by atoms with Gasteiger partial charge in [-0.3, -0.25) is 4.90 Å². The fourth-order valence-electron chi connectivity index (χ4n) is 1.09. The highest BCUT2D eigenvalue weighted by molar-refractivity contribution is 5.75. The summed E-state index contributed by atoms with van der Waals surface area (Å²) in [6, 6.07) is -0.500. The van der Waals surface area contributed by atoms with Gasteiger partial charge in [-0.2, -0.15) is 0 Å². The minimum atomic E-state index is -0.500. The van der Waals surface area contributed by atoms with Gasteiger partial charge in [-0.15, -0.1) is 0 Å². The molecule has 2 N–H and O–H groups in total. The van der Waals surface area contributed by atoms with E-state index >= 15 is 0 Å². The van der Waals surface area contributed by atoms with E-state index in [0.717, 1.165) is 12.4 Å². The van der Waals surface area contributed by atoms with Crippen LogP contribution in [0.15, 0.2) is 29.4 Å². The molecule has 62 valence electrons. The van der Waals surface area contributed by atoms with Gasteiger partial charge in [0.1, 0.15) is 5.82 Å². The predicted molar refractivity (Wildman–Crippen MR) is 43.8 cm³/mol. The Bertz CT molecular complexity index is 305. The first-order chi connectivity index (χ1) is 5.77. The van der Waals surface area contributed by atoms with Crippen LogP contribution in [0.1, 0.15) is 0 Å². The van der Waals surface area contributed by atoms with Gasteiger partial charge in [0.05, 0.1) is 12.7 Å². The van der Waals surface area contributed by atoms with Gasteiger partial charge in [0.25, 0.3) is 0 Å². The summed E-state index contributed by atoms with van der Waals surface area (Å²) in [5.41, 5.74) is 5.07. The van der Waals surface area contributed by atoms with Crippen molar-refractivity contribution < 1.29 is 4.79 Å². The number of hydrogen-bond acceptors (Lipinski definition) is 3. The van der Waals surface area contributed by atoms with Crippen molar-refractivity contribution in [2.75, 3.05) is 6.54 Å². The van der Waals surface area contributed by atoms with Crippen LogP contribution >= 0.6 is 0 Å². The summed E-state index contributed by atoms with van der Waals surface area (Å²) >= 11 is 0. The predicted octanol–water partition coefficient (Wildman–Crippen LogP) is 0.0372. The van der Waals surface area contributed by atoms with Crippen LogP contribution in [0.4, 0.5) is 4.79 Å². The minimum Gasteiger partial charge on any atom is -0.351 e. The molecule has 0 saturated heterocycles. The third-order valence-corrected chi connectivity index (χ3v) is 1.71. The van der Waals surface area contributed by atoms with Crippen LogP contribution in [0, 0.1) is 0 Å². The molecule has 0 saturated carbocycles. The summed E-state index contributed by atoms with van der Waals surface area (Å²) in [7, 11) is 0. The van der Waals surface area contributed by atoms with Gasteiger partial charge in [0.15, 0.2) is 0 Å². The van der Waals surface area contributed by atoms with Crippen molar-refractivity contribution in [3.05, 3.63) is 24.4 Å². The van der Waals surface area contributed by atoms with Crippen molar-refractivity contribution >= 4 is 12.2 Å². The molecule has 0 aliphatic carbocycles. The number of nitrogens with two attached hydrogens (primary N) is 1. The van der Waals surface area contributed by atoms with Gasteiger partial charge in [-0.05, 0) is 0 Å². The van der Waals surface area contributed by atoms with Crippen LogP contribution in [-0.2, 0) is 0 Å². The molecule has 2 heterocycles. The normalized spacial score (nSPS) is 19.5. The second-order valence-electron chi connectivity index (χ2n) is 2.49. The van der Waals surface area contributed by atoms with Gasteiger partial charge < -0.3 is 10.6 Å². The van der Waals surface area contributed by atoms with Gasteiger partial charge in [-0.25, -0.2) is 9.79 Å². The number of carbonyl (C=O) groups is 1. The fraction of sp³-hybridized carbons (Fsp3) is 0.143. The zero-order chi connectivity index (χ0) is 8.55. The Labute approximate surface area is 69.5 Å². The molecule has 0 radical (unpaired) electrons. The molecule has 12 heavy (non-hydrogen) atoms. The van der Waals surface area contributed by atoms with Crippen LogP contribution in [0.25, 0.3) is 0 Å². The Balaban J connectivity index is 2.25. The number of urea groups is 1. The maximum absolute atomic E-state index is 10.7. The third kappa shape index (κ3) is 0.952. The Morgan fingerprint density at radius 3 is 3.17 bits per heavy atom. The molecule has 2 aliphatic heterocycles. The highest BCUT2D eigenvalue weighted by Crippen LogP contribution is 2.16. The van der Waals surface area contributed by atoms with E-state index < -0.39 is 6.03 Å². The Kier molecular flexibility index (Phi) is 1.36. The van der Waals surface area contributed by atoms with E-state index in [4.69, 9.17) is 5.73 Å². The lowest BCUT2D eigenvalue weighted by Gasteiger charge is -2.21. The van der Waals surface area contributed by atoms with Crippen LogP contribution in [0.2, 0.25) is 0 Å². The lowest BCUT2D eigenvalue weighted by atomic mass is 10.5. The monoisotopic (exact) mass is 164 g/mol. The number of aliphatic imine (C=N–C) groups is 1. The number of fused-ring (bicyclic) bond motifs is 1. The molecule has 0 aromatic heterocycles. The van der Waals surface area contributed by atoms with E-state index in [0.29, 0.717) is 0 Å². The standard InChI is InChI=1S/C7H8N4O/c8-7(12)11-4-3-10-2-1-9-6(10)5-11/h1,3-5H,2H2,(H2,8,12). The average Bonchev–Trinajstić information content (AvgIpc) is 2.49. The van der Waals surface area contributed by atoms with Gasteiger partial charge in [0.2, 0.25) is 0 Å². The molecule has 5 heteroatoms. The highest BCUT2D eigenvalue weighted by atomic mass is 16.2. The van der Waals surface area contributed by atoms with Crippen molar-refractivity contribution in [3.63, 3.8) is 0 Å². The van der Waals surface area contributed by atoms with Crippen LogP contribution in [-0.4, -0.2) is 28.6 Å². The minimum absolute atomic E-state index is 0.500. The molecule has 5 nitrogen and oxygen atoms in total. The van der Waals surface area contributed by atoms with Gasteiger partial charge in [-0.1, -0.05) is 0 Å². The Hall–Kier alpha value is -1.78. The second kappa shape index (κ2) is 2.37. The molecular weight excluding hydrogens is 156 g/mol. The Morgan fingerprint density at radius 2 is 2.42 bits per heavy atom. The first-order valence-electron chi connectivity index (χ1n) is 3.54. The summed E-state index contributed by atoms with van der Waals surface area (Å²) in [5, 5.41) is 0. The van der Waals surface area contributed by atoms with Crippen molar-refractivity contribution in [3.8, 4) is 0 Å². The van der Waals surface area contributed by atoms with Crippen molar-refractivity contribution in [2.24, 2.45) is 10.7 Å². The smallest absolute Gasteiger partial charge is 0.323 e. The summed E-state index contributed by atoms with van der Waals surface area (Å²) < 4.78 is 0. The van der Waals surface area contributed by atoms with E-state index in [2.05, 4.69) is 4.99 Å². The first-order valence-corrected chi connectivity index (χ1v) is 3.54. The fourth-order valence-corrected chi connectivity index (χ4v) is 1.09. The molecule has 0 aromatic rings. The molecule has 0 fully saturated rings. The quantitative estimate of drug-likeness (QED) is 0.549. The number of amides is 2. The molecule has 2 rings (SSSR count). The molecule has 0 bridgehead atoms. The SMILES string of the molecule is NC(=O)N1C=CN2CC=NC2=C1. The van der Waals surface area contributed by atoms with E-state index in [1.807, 2.05) is 4.90 Å². The van der Waals surface area contributed by atoms with E-state index in [-0.39, 0.29) is 0 Å². The Morgan fingerprint density at radius 1 is 1.58 bits per heavy atom. The number of hydrogen-bond donors (Lipinski definition) is 1. The van der Waals surface area contributed by atoms with E-state index in [9.17, 15) is 4.79 Å². The number of primary amides is 1. The van der Waals surface area contributed by atoms with Crippen molar-refractivity contribution in [2.45, 2.75) is 0 Å². The zero-order valence-corrected chi connectivity index (χ0v) is 6.34. The summed E-state index contributed by atoms with van der Waals surface area (Å²) in [6.45, 7) is 0.759. The number of rotatable bonds is 0. The lowest BCUT2D eigenvalue weighted by Crippen LogP contribution is -2.31. The largest absolute Gasteiger partial charge is 0.351 e. The van der Waals surface area contributed by atoms with Gasteiger partial charge >= 0.3 is 6.03 Å². The number of carbonyl (C=O) groups excluding carboxylic acids is 1. The second-order valence-corrected chi connectivity index (χ2v) is 2.49. The van der Waals surface area contributed by atoms with Gasteiger partial charge in [0, 0.05) is 18.6 Å². The summed E-state index contributed by atoms with van der Waals surface area (Å²) in [5.74, 6) is 0.747. The van der Waals surface area contributed by atoms with Crippen molar-refractivity contribution in [1.29, 1.82) is 0 Å². The topological polar surface area (TPSA) is 61.9 Å². The maximum Gasteiger partial charge on any atom is 0.323 e. The molecule has 0 spiro atoms. The summed E-state index contributed by atoms with van der Waals surface area (Å²) in [6.07, 6.45) is 6.76. The molecule has 0 aromatic carbocycles. The number of nitrogens with zero attached hydrogens (tertiary/aromatic N) is 3. The lowest BCUT2D eigenvalue weighted by molar-refractivity contribution is 0.233. The molecule has 0 atom stereocenters. The van der Waals surface area contributed by atoms with E-state index in [1.54, 1.807) is 24.8 Å². The van der Waals surface area contributed by atoms with Crippen LogP contribution in [0.3, 0.4) is 0 Å². The molecule has 0 unspecified atom stereocenters. The molecule has 2 aliphatic rings. The van der Waals surface area contributed by atoms with Crippen LogP contribution < -0.4 is 5.73 Å². The highest BCUT2D eigenvalue weighted by Gasteiger charge is 2.17. The van der Waals surface area contributed by atoms with Crippen molar-refractivity contribution in [1.82, 2.24) is 9.80 Å². The zero-order valence-electron chi connectivity index (χ0n) is 6.34. The van der Waals surface area contributed by atoms with E-state index in [1.165, 1.54) is 4.90 Å². The summed E-state index contributed by atoms with van der Waals surface area (Å²) in [4.78, 5) is 18.0. The van der Waals surface area contributed by atoms with Crippen LogP contribution in [0.5, 0.6) is 0 Å². The first kappa shape index (κ1) is 6.90. The molecular formula is C7H8N4O. The molecule has 2 amide bonds. The third-order valence-electron chi connectivity index (χ3n) is 1.71. The maximum atomic E-state index is 10.7.